The van der Waals surface area contributed by atoms with Crippen molar-refractivity contribution >= 4 is 11.6 Å². The largest absolute Gasteiger partial charge is 0.454 e. The van der Waals surface area contributed by atoms with E-state index in [0.717, 1.165) is 10.1 Å². The van der Waals surface area contributed by atoms with Gasteiger partial charge >= 0.3 is 5.69 Å². The molecule has 0 saturated carbocycles. The lowest BCUT2D eigenvalue weighted by Crippen LogP contribution is -2.46. The monoisotopic (exact) mass is 476 g/mol. The molecule has 0 spiro atoms. The summed E-state index contributed by atoms with van der Waals surface area (Å²) in [6.45, 7) is 3.55. The third kappa shape index (κ3) is 4.29. The average molecular weight is 477 g/mol. The maximum atomic E-state index is 13.1. The molecule has 1 amide bonds. The van der Waals surface area contributed by atoms with Gasteiger partial charge in [-0.1, -0.05) is 24.3 Å². The van der Waals surface area contributed by atoms with Crippen molar-refractivity contribution in [3.8, 4) is 17.2 Å². The summed E-state index contributed by atoms with van der Waals surface area (Å²) in [5.74, 6) is 1.27. The third-order valence-electron chi connectivity index (χ3n) is 6.76. The van der Waals surface area contributed by atoms with E-state index in [2.05, 4.69) is 5.32 Å². The fourth-order valence-electron chi connectivity index (χ4n) is 4.79. The van der Waals surface area contributed by atoms with E-state index in [1.54, 1.807) is 11.5 Å². The molecule has 9 heteroatoms. The highest BCUT2D eigenvalue weighted by Gasteiger charge is 2.28. The Labute approximate surface area is 202 Å². The van der Waals surface area contributed by atoms with Crippen molar-refractivity contribution < 1.29 is 14.3 Å². The number of amides is 1. The van der Waals surface area contributed by atoms with Crippen LogP contribution < -0.4 is 30.9 Å². The van der Waals surface area contributed by atoms with Gasteiger partial charge in [-0.05, 0) is 49.6 Å². The van der Waals surface area contributed by atoms with Crippen LogP contribution in [0.15, 0.2) is 58.1 Å². The molecular formula is C26H28N4O5. The van der Waals surface area contributed by atoms with Gasteiger partial charge in [0.25, 0.3) is 5.56 Å². The van der Waals surface area contributed by atoms with E-state index in [9.17, 15) is 14.4 Å². The number of hydrogen-bond acceptors (Lipinski definition) is 6. The van der Waals surface area contributed by atoms with Gasteiger partial charge in [0.05, 0.1) is 11.4 Å². The molecule has 0 unspecified atom stereocenters. The zero-order chi connectivity index (χ0) is 24.5. The molecule has 5 rings (SSSR count). The molecule has 2 aliphatic heterocycles. The van der Waals surface area contributed by atoms with E-state index in [0.29, 0.717) is 61.0 Å². The van der Waals surface area contributed by atoms with Crippen LogP contribution in [0.2, 0.25) is 0 Å². The Kier molecular flexibility index (Phi) is 6.07. The fourth-order valence-corrected chi connectivity index (χ4v) is 4.79. The molecule has 0 atom stereocenters. The van der Waals surface area contributed by atoms with Gasteiger partial charge in [-0.2, -0.15) is 0 Å². The molecule has 0 bridgehead atoms. The lowest BCUT2D eigenvalue weighted by atomic mass is 9.95. The zero-order valence-electron chi connectivity index (χ0n) is 19.8. The Morgan fingerprint density at radius 2 is 1.74 bits per heavy atom. The first-order valence-electron chi connectivity index (χ1n) is 11.7. The maximum absolute atomic E-state index is 13.1. The van der Waals surface area contributed by atoms with E-state index in [-0.39, 0.29) is 29.9 Å². The quantitative estimate of drug-likeness (QED) is 0.606. The third-order valence-corrected chi connectivity index (χ3v) is 6.76. The summed E-state index contributed by atoms with van der Waals surface area (Å²) < 4.78 is 13.4. The Balaban J connectivity index is 1.28. The molecule has 182 valence electrons. The number of nitrogens with zero attached hydrogens (tertiary/aromatic N) is 3. The number of piperidine rings is 1. The van der Waals surface area contributed by atoms with Crippen molar-refractivity contribution in [2.45, 2.75) is 26.3 Å². The fraction of sp³-hybridized carbons (Fsp3) is 0.346. The van der Waals surface area contributed by atoms with Crippen LogP contribution in [0.1, 0.15) is 24.1 Å². The van der Waals surface area contributed by atoms with Gasteiger partial charge in [0.2, 0.25) is 12.7 Å². The van der Waals surface area contributed by atoms with E-state index in [1.165, 1.54) is 7.05 Å². The van der Waals surface area contributed by atoms with Crippen LogP contribution in [-0.2, 0) is 18.4 Å². The second-order valence-corrected chi connectivity index (χ2v) is 8.92. The summed E-state index contributed by atoms with van der Waals surface area (Å²) in [5.41, 5.74) is 2.09. The molecule has 1 N–H and O–H groups in total. The van der Waals surface area contributed by atoms with Crippen LogP contribution in [0.4, 0.5) is 5.69 Å². The Bertz CT molecular complexity index is 1370. The number of benzene rings is 2. The number of anilines is 1. The van der Waals surface area contributed by atoms with Gasteiger partial charge in [0.15, 0.2) is 11.5 Å². The van der Waals surface area contributed by atoms with E-state index >= 15 is 0 Å². The minimum Gasteiger partial charge on any atom is -0.454 e. The Morgan fingerprint density at radius 3 is 2.49 bits per heavy atom. The first kappa shape index (κ1) is 22.8. The van der Waals surface area contributed by atoms with Crippen molar-refractivity contribution in [2.75, 3.05) is 24.8 Å². The second-order valence-electron chi connectivity index (χ2n) is 8.92. The first-order chi connectivity index (χ1) is 16.9. The topological polar surface area (TPSA) is 94.8 Å². The SMILES string of the molecule is Cc1c(N2CCC(C(=O)NCc3ccc4c(c3)OCO4)CC2)c(=O)n(C)c(=O)n1-c1ccccc1. The van der Waals surface area contributed by atoms with Gasteiger partial charge < -0.3 is 19.7 Å². The minimum atomic E-state index is -0.375. The van der Waals surface area contributed by atoms with Crippen molar-refractivity contribution in [3.05, 3.63) is 80.6 Å². The number of carbonyl (C=O) groups is 1. The molecule has 35 heavy (non-hydrogen) atoms. The number of aromatic nitrogens is 2. The van der Waals surface area contributed by atoms with E-state index < -0.39 is 0 Å². The Morgan fingerprint density at radius 1 is 1.03 bits per heavy atom. The molecule has 2 aromatic carbocycles. The predicted molar refractivity (Wildman–Crippen MR) is 131 cm³/mol. The molecule has 0 aliphatic carbocycles. The van der Waals surface area contributed by atoms with Gasteiger partial charge in [0.1, 0.15) is 5.69 Å². The predicted octanol–water partition coefficient (Wildman–Crippen LogP) is 2.11. The highest BCUT2D eigenvalue weighted by molar-refractivity contribution is 5.79. The molecule has 2 aliphatic rings. The second kappa shape index (κ2) is 9.32. The van der Waals surface area contributed by atoms with Crippen LogP contribution >= 0.6 is 0 Å². The van der Waals surface area contributed by atoms with Gasteiger partial charge in [0, 0.05) is 32.6 Å². The molecule has 0 radical (unpaired) electrons. The van der Waals surface area contributed by atoms with Gasteiger partial charge in [-0.3, -0.25) is 18.7 Å². The summed E-state index contributed by atoms with van der Waals surface area (Å²) in [6, 6.07) is 14.9. The summed E-state index contributed by atoms with van der Waals surface area (Å²) in [4.78, 5) is 40.8. The standard InChI is InChI=1S/C26H28N4O5/c1-17-23(25(32)28(2)26(33)30(17)20-6-4-3-5-7-20)29-12-10-19(11-13-29)24(31)27-15-18-8-9-21-22(14-18)35-16-34-21/h3-9,14,19H,10-13,15-16H2,1-2H3,(H,27,31). The summed E-state index contributed by atoms with van der Waals surface area (Å²) in [5, 5.41) is 3.02. The van der Waals surface area contributed by atoms with Crippen LogP contribution in [-0.4, -0.2) is 34.9 Å². The van der Waals surface area contributed by atoms with Crippen molar-refractivity contribution in [1.82, 2.24) is 14.5 Å². The average Bonchev–Trinajstić information content (AvgIpc) is 3.35. The number of carbonyl (C=O) groups excluding carboxylic acids is 1. The molecule has 3 aromatic rings. The number of nitrogens with one attached hydrogen (secondary N) is 1. The van der Waals surface area contributed by atoms with Crippen LogP contribution in [0, 0.1) is 12.8 Å². The normalized spacial score (nSPS) is 15.3. The summed E-state index contributed by atoms with van der Waals surface area (Å²) >= 11 is 0. The number of hydrogen-bond donors (Lipinski definition) is 1. The number of fused-ring (bicyclic) bond motifs is 1. The smallest absolute Gasteiger partial charge is 0.335 e. The van der Waals surface area contributed by atoms with Crippen LogP contribution in [0.25, 0.3) is 5.69 Å². The molecule has 1 fully saturated rings. The Hall–Kier alpha value is -4.01. The molecule has 1 saturated heterocycles. The highest BCUT2D eigenvalue weighted by Crippen LogP contribution is 2.32. The first-order valence-corrected chi connectivity index (χ1v) is 11.7. The maximum Gasteiger partial charge on any atom is 0.335 e. The molecule has 3 heterocycles. The van der Waals surface area contributed by atoms with Crippen LogP contribution in [0.3, 0.4) is 0 Å². The van der Waals surface area contributed by atoms with Crippen molar-refractivity contribution in [3.63, 3.8) is 0 Å². The lowest BCUT2D eigenvalue weighted by Gasteiger charge is -2.34. The number of para-hydroxylation sites is 1. The highest BCUT2D eigenvalue weighted by atomic mass is 16.7. The summed E-state index contributed by atoms with van der Waals surface area (Å²) in [6.07, 6.45) is 1.25. The van der Waals surface area contributed by atoms with Gasteiger partial charge in [-0.15, -0.1) is 0 Å². The van der Waals surface area contributed by atoms with Gasteiger partial charge in [-0.25, -0.2) is 4.79 Å². The number of ether oxygens (including phenoxy) is 2. The summed E-state index contributed by atoms with van der Waals surface area (Å²) in [7, 11) is 1.50. The van der Waals surface area contributed by atoms with Crippen LogP contribution in [0.5, 0.6) is 11.5 Å². The molecule has 1 aromatic heterocycles. The van der Waals surface area contributed by atoms with E-state index in [1.807, 2.05) is 53.4 Å². The molecule has 9 nitrogen and oxygen atoms in total. The van der Waals surface area contributed by atoms with Crippen molar-refractivity contribution in [2.24, 2.45) is 13.0 Å². The van der Waals surface area contributed by atoms with Crippen molar-refractivity contribution in [1.29, 1.82) is 0 Å². The lowest BCUT2D eigenvalue weighted by molar-refractivity contribution is -0.125. The minimum absolute atomic E-state index is 0.00111. The number of rotatable bonds is 5. The zero-order valence-corrected chi connectivity index (χ0v) is 19.8. The van der Waals surface area contributed by atoms with E-state index in [4.69, 9.17) is 9.47 Å². The molecular weight excluding hydrogens is 448 g/mol.